The molecule has 0 radical (unpaired) electrons. The first-order valence-corrected chi connectivity index (χ1v) is 6.97. The summed E-state index contributed by atoms with van der Waals surface area (Å²) in [6.07, 6.45) is 1.68. The van der Waals surface area contributed by atoms with Crippen LogP contribution < -0.4 is 9.47 Å². The molecule has 5 nitrogen and oxygen atoms in total. The number of nitrogens with zero attached hydrogens (tertiary/aromatic N) is 1. The van der Waals surface area contributed by atoms with E-state index in [1.165, 1.54) is 6.92 Å². The van der Waals surface area contributed by atoms with Gasteiger partial charge < -0.3 is 9.47 Å². The van der Waals surface area contributed by atoms with Gasteiger partial charge in [-0.15, -0.1) is 0 Å². The third-order valence-corrected chi connectivity index (χ3v) is 4.11. The number of thiocarbonyl (C=S) groups is 1. The molecule has 2 aliphatic heterocycles. The molecule has 0 unspecified atom stereocenters. The molecule has 1 fully saturated rings. The molecule has 0 bridgehead atoms. The molecule has 0 atom stereocenters. The summed E-state index contributed by atoms with van der Waals surface area (Å²) in [5, 5.41) is 0. The number of rotatable bonds is 1. The highest BCUT2D eigenvalue weighted by atomic mass is 32.2. The highest BCUT2D eigenvalue weighted by Crippen LogP contribution is 2.36. The molecule has 3 rings (SSSR count). The van der Waals surface area contributed by atoms with E-state index in [4.69, 9.17) is 21.7 Å². The Morgan fingerprint density at radius 1 is 1.40 bits per heavy atom. The van der Waals surface area contributed by atoms with Crippen molar-refractivity contribution in [1.82, 2.24) is 4.90 Å². The first kappa shape index (κ1) is 13.1. The van der Waals surface area contributed by atoms with Gasteiger partial charge in [-0.3, -0.25) is 9.59 Å². The Labute approximate surface area is 124 Å². The Morgan fingerprint density at radius 2 is 2.15 bits per heavy atom. The van der Waals surface area contributed by atoms with Crippen LogP contribution in [-0.4, -0.2) is 27.8 Å². The van der Waals surface area contributed by atoms with Crippen LogP contribution in [0.4, 0.5) is 0 Å². The number of carbonyl (C=O) groups is 2. The Morgan fingerprint density at radius 3 is 2.85 bits per heavy atom. The minimum absolute atomic E-state index is 0.200. The standard InChI is InChI=1S/C13H9NO4S2/c1-7(15)14-12(16)11(20-13(14)19)5-8-2-3-9-10(4-8)18-6-17-9/h2-5H,6H2,1H3. The molecule has 1 saturated heterocycles. The quantitative estimate of drug-likeness (QED) is 0.585. The number of fused-ring (bicyclic) bond motifs is 1. The predicted molar refractivity (Wildman–Crippen MR) is 78.3 cm³/mol. The summed E-state index contributed by atoms with van der Waals surface area (Å²) in [6.45, 7) is 1.51. The van der Waals surface area contributed by atoms with E-state index < -0.39 is 0 Å². The van der Waals surface area contributed by atoms with Gasteiger partial charge in [-0.25, -0.2) is 4.90 Å². The third-order valence-electron chi connectivity index (χ3n) is 2.80. The van der Waals surface area contributed by atoms with E-state index in [1.54, 1.807) is 18.2 Å². The fraction of sp³-hybridized carbons (Fsp3) is 0.154. The summed E-state index contributed by atoms with van der Waals surface area (Å²) < 4.78 is 10.8. The summed E-state index contributed by atoms with van der Waals surface area (Å²) >= 11 is 6.14. The van der Waals surface area contributed by atoms with Crippen LogP contribution in [0.3, 0.4) is 0 Å². The summed E-state index contributed by atoms with van der Waals surface area (Å²) in [4.78, 5) is 24.8. The van der Waals surface area contributed by atoms with Crippen LogP contribution in [0.1, 0.15) is 12.5 Å². The van der Waals surface area contributed by atoms with Crippen molar-refractivity contribution in [2.75, 3.05) is 6.79 Å². The molecule has 0 N–H and O–H groups in total. The number of thioether (sulfide) groups is 1. The van der Waals surface area contributed by atoms with Crippen molar-refractivity contribution in [3.05, 3.63) is 28.7 Å². The number of amides is 2. The maximum Gasteiger partial charge on any atom is 0.273 e. The molecular weight excluding hydrogens is 298 g/mol. The van der Waals surface area contributed by atoms with Gasteiger partial charge in [0.2, 0.25) is 12.7 Å². The van der Waals surface area contributed by atoms with E-state index in [2.05, 4.69) is 0 Å². The van der Waals surface area contributed by atoms with Gasteiger partial charge in [-0.2, -0.15) is 0 Å². The number of hydrogen-bond acceptors (Lipinski definition) is 6. The molecule has 2 aliphatic rings. The zero-order valence-corrected chi connectivity index (χ0v) is 12.0. The summed E-state index contributed by atoms with van der Waals surface area (Å²) in [6, 6.07) is 5.37. The monoisotopic (exact) mass is 307 g/mol. The van der Waals surface area contributed by atoms with E-state index in [9.17, 15) is 9.59 Å². The van der Waals surface area contributed by atoms with Crippen LogP contribution in [0.15, 0.2) is 23.1 Å². The second kappa shape index (κ2) is 4.92. The van der Waals surface area contributed by atoms with Crippen LogP contribution >= 0.6 is 24.0 Å². The smallest absolute Gasteiger partial charge is 0.273 e. The predicted octanol–water partition coefficient (Wildman–Crippen LogP) is 2.16. The molecule has 7 heteroatoms. The van der Waals surface area contributed by atoms with Crippen molar-refractivity contribution in [2.45, 2.75) is 6.92 Å². The fourth-order valence-electron chi connectivity index (χ4n) is 1.89. The molecule has 2 amide bonds. The Kier molecular flexibility index (Phi) is 3.23. The van der Waals surface area contributed by atoms with Gasteiger partial charge in [-0.05, 0) is 23.8 Å². The van der Waals surface area contributed by atoms with Gasteiger partial charge in [-0.1, -0.05) is 30.0 Å². The highest BCUT2D eigenvalue weighted by Gasteiger charge is 2.34. The molecule has 1 aromatic carbocycles. The lowest BCUT2D eigenvalue weighted by atomic mass is 10.2. The molecule has 2 heterocycles. The SMILES string of the molecule is CC(=O)N1C(=O)C(=Cc2ccc3c(c2)OCO3)SC1=S. The summed E-state index contributed by atoms with van der Waals surface area (Å²) in [5.41, 5.74) is 0.790. The van der Waals surface area contributed by atoms with E-state index in [1.807, 2.05) is 6.07 Å². The van der Waals surface area contributed by atoms with Crippen LogP contribution in [-0.2, 0) is 9.59 Å². The van der Waals surface area contributed by atoms with Crippen LogP contribution in [0, 0.1) is 0 Å². The molecule has 20 heavy (non-hydrogen) atoms. The van der Waals surface area contributed by atoms with Crippen molar-refractivity contribution in [3.63, 3.8) is 0 Å². The molecular formula is C13H9NO4S2. The van der Waals surface area contributed by atoms with Crippen molar-refractivity contribution in [1.29, 1.82) is 0 Å². The first-order valence-electron chi connectivity index (χ1n) is 5.74. The average Bonchev–Trinajstić information content (AvgIpc) is 2.94. The maximum absolute atomic E-state index is 12.1. The summed E-state index contributed by atoms with van der Waals surface area (Å²) in [5.74, 6) is 0.561. The van der Waals surface area contributed by atoms with Gasteiger partial charge in [0.25, 0.3) is 5.91 Å². The molecule has 0 aliphatic carbocycles. The van der Waals surface area contributed by atoms with Crippen molar-refractivity contribution in [2.24, 2.45) is 0 Å². The van der Waals surface area contributed by atoms with Gasteiger partial charge >= 0.3 is 0 Å². The largest absolute Gasteiger partial charge is 0.454 e. The van der Waals surface area contributed by atoms with Crippen LogP contribution in [0.2, 0.25) is 0 Å². The molecule has 1 aromatic rings. The second-order valence-electron chi connectivity index (χ2n) is 4.15. The number of carbonyl (C=O) groups excluding carboxylic acids is 2. The zero-order valence-electron chi connectivity index (χ0n) is 10.4. The molecule has 0 aromatic heterocycles. The number of imide groups is 1. The number of hydrogen-bond donors (Lipinski definition) is 0. The van der Waals surface area contributed by atoms with Gasteiger partial charge in [0, 0.05) is 6.92 Å². The maximum atomic E-state index is 12.1. The minimum Gasteiger partial charge on any atom is -0.454 e. The van der Waals surface area contributed by atoms with Crippen molar-refractivity contribution < 1.29 is 19.1 Å². The lowest BCUT2D eigenvalue weighted by molar-refractivity contribution is -0.135. The van der Waals surface area contributed by atoms with Crippen molar-refractivity contribution in [3.8, 4) is 11.5 Å². The van der Waals surface area contributed by atoms with E-state index in [-0.39, 0.29) is 22.9 Å². The average molecular weight is 307 g/mol. The minimum atomic E-state index is -0.384. The van der Waals surface area contributed by atoms with Gasteiger partial charge in [0.1, 0.15) is 0 Å². The zero-order chi connectivity index (χ0) is 14.3. The Balaban J connectivity index is 1.92. The fourth-order valence-corrected chi connectivity index (χ4v) is 3.24. The van der Waals surface area contributed by atoms with Crippen molar-refractivity contribution >= 4 is 46.2 Å². The lowest BCUT2D eigenvalue weighted by Crippen LogP contribution is -2.32. The van der Waals surface area contributed by atoms with Crippen LogP contribution in [0.5, 0.6) is 11.5 Å². The Bertz CT molecular complexity index is 668. The summed E-state index contributed by atoms with van der Waals surface area (Å²) in [7, 11) is 0. The highest BCUT2D eigenvalue weighted by molar-refractivity contribution is 8.26. The van der Waals surface area contributed by atoms with Gasteiger partial charge in [0.05, 0.1) is 4.91 Å². The van der Waals surface area contributed by atoms with E-state index >= 15 is 0 Å². The van der Waals surface area contributed by atoms with E-state index in [0.717, 1.165) is 22.2 Å². The van der Waals surface area contributed by atoms with E-state index in [0.29, 0.717) is 16.4 Å². The third kappa shape index (κ3) is 2.19. The Hall–Kier alpha value is -1.86. The number of benzene rings is 1. The normalized spacial score (nSPS) is 19.1. The molecule has 0 saturated carbocycles. The molecule has 0 spiro atoms. The first-order chi connectivity index (χ1) is 9.56. The second-order valence-corrected chi connectivity index (χ2v) is 5.82. The van der Waals surface area contributed by atoms with Gasteiger partial charge in [0.15, 0.2) is 15.8 Å². The number of ether oxygens (including phenoxy) is 2. The topological polar surface area (TPSA) is 55.8 Å². The lowest BCUT2D eigenvalue weighted by Gasteiger charge is -2.07. The van der Waals surface area contributed by atoms with Crippen LogP contribution in [0.25, 0.3) is 6.08 Å². The molecule has 102 valence electrons.